The minimum atomic E-state index is -0.753. The van der Waals surface area contributed by atoms with Crippen molar-refractivity contribution in [2.75, 3.05) is 20.2 Å². The molecule has 0 spiro atoms. The minimum Gasteiger partial charge on any atom is -0.497 e. The number of hydrogen-bond donors (Lipinski definition) is 2. The van der Waals surface area contributed by atoms with E-state index in [4.69, 9.17) is 4.74 Å². The number of methoxy groups -OCH3 is 1. The third kappa shape index (κ3) is 2.82. The molecule has 2 N–H and O–H groups in total. The summed E-state index contributed by atoms with van der Waals surface area (Å²) in [4.78, 5) is 11.5. The number of carboxylic acid groups (broad SMARTS) is 1. The van der Waals surface area contributed by atoms with Gasteiger partial charge >= 0.3 is 5.97 Å². The van der Waals surface area contributed by atoms with E-state index in [1.165, 1.54) is 0 Å². The number of hydrogen-bond acceptors (Lipinski definition) is 3. The van der Waals surface area contributed by atoms with Crippen LogP contribution in [0.4, 0.5) is 0 Å². The Morgan fingerprint density at radius 2 is 2.39 bits per heavy atom. The van der Waals surface area contributed by atoms with Gasteiger partial charge in [-0.2, -0.15) is 0 Å². The molecule has 0 saturated carbocycles. The molecule has 0 radical (unpaired) electrons. The van der Waals surface area contributed by atoms with Gasteiger partial charge in [0.2, 0.25) is 0 Å². The van der Waals surface area contributed by atoms with Crippen molar-refractivity contribution in [2.24, 2.45) is 5.92 Å². The lowest BCUT2D eigenvalue weighted by Gasteiger charge is -2.28. The highest BCUT2D eigenvalue weighted by molar-refractivity contribution is 5.76. The van der Waals surface area contributed by atoms with Gasteiger partial charge in [-0.05, 0) is 49.5 Å². The maximum Gasteiger partial charge on any atom is 0.311 e. The average Bonchev–Trinajstić information content (AvgIpc) is 2.40. The second-order valence-electron chi connectivity index (χ2n) is 4.70. The van der Waals surface area contributed by atoms with Crippen LogP contribution >= 0.6 is 0 Å². The molecular formula is C14H19NO3. The molecule has 98 valence electrons. The Morgan fingerprint density at radius 1 is 1.56 bits per heavy atom. The Kier molecular flexibility index (Phi) is 4.20. The van der Waals surface area contributed by atoms with Gasteiger partial charge in [0.1, 0.15) is 5.75 Å². The fraction of sp³-hybridized carbons (Fsp3) is 0.500. The van der Waals surface area contributed by atoms with Gasteiger partial charge in [-0.3, -0.25) is 4.79 Å². The van der Waals surface area contributed by atoms with Crippen molar-refractivity contribution in [3.8, 4) is 5.75 Å². The molecule has 1 aliphatic heterocycles. The average molecular weight is 249 g/mol. The normalized spacial score (nSPS) is 21.3. The van der Waals surface area contributed by atoms with Crippen molar-refractivity contribution < 1.29 is 14.6 Å². The van der Waals surface area contributed by atoms with Crippen LogP contribution in [-0.2, 0) is 4.79 Å². The maximum atomic E-state index is 11.5. The van der Waals surface area contributed by atoms with Crippen LogP contribution in [0.5, 0.6) is 5.75 Å². The van der Waals surface area contributed by atoms with Gasteiger partial charge in [0.25, 0.3) is 0 Å². The standard InChI is InChI=1S/C14H19NO3/c1-18-12-6-2-4-10(8-12)13(14(16)17)11-5-3-7-15-9-11/h2,4,6,8,11,13,15H,3,5,7,9H2,1H3,(H,16,17). The number of ether oxygens (including phenoxy) is 1. The van der Waals surface area contributed by atoms with Crippen LogP contribution in [0.15, 0.2) is 24.3 Å². The van der Waals surface area contributed by atoms with E-state index in [2.05, 4.69) is 5.32 Å². The van der Waals surface area contributed by atoms with Gasteiger partial charge in [-0.1, -0.05) is 12.1 Å². The minimum absolute atomic E-state index is 0.156. The highest BCUT2D eigenvalue weighted by Crippen LogP contribution is 2.31. The lowest BCUT2D eigenvalue weighted by Crippen LogP contribution is -2.36. The molecule has 1 aromatic carbocycles. The first-order chi connectivity index (χ1) is 8.72. The van der Waals surface area contributed by atoms with E-state index in [1.54, 1.807) is 7.11 Å². The summed E-state index contributed by atoms with van der Waals surface area (Å²) < 4.78 is 5.16. The van der Waals surface area contributed by atoms with Crippen LogP contribution in [0.25, 0.3) is 0 Å². The summed E-state index contributed by atoms with van der Waals surface area (Å²) in [6, 6.07) is 7.38. The number of aliphatic carboxylic acids is 1. The van der Waals surface area contributed by atoms with Crippen molar-refractivity contribution in [1.29, 1.82) is 0 Å². The van der Waals surface area contributed by atoms with Crippen LogP contribution in [-0.4, -0.2) is 31.3 Å². The third-order valence-corrected chi connectivity index (χ3v) is 3.53. The van der Waals surface area contributed by atoms with Crippen molar-refractivity contribution in [3.05, 3.63) is 29.8 Å². The third-order valence-electron chi connectivity index (χ3n) is 3.53. The molecule has 0 aromatic heterocycles. The van der Waals surface area contributed by atoms with Crippen molar-refractivity contribution in [1.82, 2.24) is 5.32 Å². The molecule has 1 heterocycles. The van der Waals surface area contributed by atoms with Gasteiger partial charge in [0.05, 0.1) is 13.0 Å². The van der Waals surface area contributed by atoms with Gasteiger partial charge in [0.15, 0.2) is 0 Å². The quantitative estimate of drug-likeness (QED) is 0.855. The van der Waals surface area contributed by atoms with Crippen molar-refractivity contribution in [3.63, 3.8) is 0 Å². The first-order valence-electron chi connectivity index (χ1n) is 6.30. The number of piperidine rings is 1. The predicted molar refractivity (Wildman–Crippen MR) is 69.0 cm³/mol. The fourth-order valence-electron chi connectivity index (χ4n) is 2.61. The molecule has 1 aliphatic rings. The monoisotopic (exact) mass is 249 g/mol. The second-order valence-corrected chi connectivity index (χ2v) is 4.70. The van der Waals surface area contributed by atoms with Crippen LogP contribution < -0.4 is 10.1 Å². The summed E-state index contributed by atoms with van der Waals surface area (Å²) in [5.41, 5.74) is 0.829. The Bertz CT molecular complexity index is 413. The van der Waals surface area contributed by atoms with Gasteiger partial charge in [-0.25, -0.2) is 0 Å². The smallest absolute Gasteiger partial charge is 0.311 e. The summed E-state index contributed by atoms with van der Waals surface area (Å²) in [6.07, 6.45) is 2.00. The van der Waals surface area contributed by atoms with Crippen molar-refractivity contribution in [2.45, 2.75) is 18.8 Å². The lowest BCUT2D eigenvalue weighted by atomic mass is 9.81. The summed E-state index contributed by atoms with van der Waals surface area (Å²) in [5.74, 6) is -0.337. The molecular weight excluding hydrogens is 230 g/mol. The molecule has 18 heavy (non-hydrogen) atoms. The highest BCUT2D eigenvalue weighted by Gasteiger charge is 2.30. The van der Waals surface area contributed by atoms with E-state index < -0.39 is 11.9 Å². The van der Waals surface area contributed by atoms with E-state index in [9.17, 15) is 9.90 Å². The predicted octanol–water partition coefficient (Wildman–Crippen LogP) is 1.86. The van der Waals surface area contributed by atoms with Crippen LogP contribution in [0, 0.1) is 5.92 Å². The van der Waals surface area contributed by atoms with E-state index in [0.29, 0.717) is 5.75 Å². The molecule has 0 aliphatic carbocycles. The summed E-state index contributed by atoms with van der Waals surface area (Å²) >= 11 is 0. The zero-order chi connectivity index (χ0) is 13.0. The second kappa shape index (κ2) is 5.87. The van der Waals surface area contributed by atoms with E-state index in [1.807, 2.05) is 24.3 Å². The van der Waals surface area contributed by atoms with Gasteiger partial charge in [-0.15, -0.1) is 0 Å². The maximum absolute atomic E-state index is 11.5. The molecule has 1 saturated heterocycles. The largest absolute Gasteiger partial charge is 0.497 e. The number of carboxylic acids is 1. The Balaban J connectivity index is 2.25. The first-order valence-corrected chi connectivity index (χ1v) is 6.30. The molecule has 1 aromatic rings. The first kappa shape index (κ1) is 12.9. The van der Waals surface area contributed by atoms with Gasteiger partial charge < -0.3 is 15.2 Å². The molecule has 2 unspecified atom stereocenters. The number of carbonyl (C=O) groups is 1. The van der Waals surface area contributed by atoms with E-state index >= 15 is 0 Å². The molecule has 2 atom stereocenters. The summed E-state index contributed by atoms with van der Waals surface area (Å²) in [7, 11) is 1.59. The van der Waals surface area contributed by atoms with Crippen LogP contribution in [0.1, 0.15) is 24.3 Å². The lowest BCUT2D eigenvalue weighted by molar-refractivity contribution is -0.140. The Hall–Kier alpha value is -1.55. The molecule has 1 fully saturated rings. The zero-order valence-corrected chi connectivity index (χ0v) is 10.6. The molecule has 0 bridgehead atoms. The Morgan fingerprint density at radius 3 is 3.00 bits per heavy atom. The Labute approximate surface area is 107 Å². The fourth-order valence-corrected chi connectivity index (χ4v) is 2.61. The summed E-state index contributed by atoms with van der Waals surface area (Å²) in [6.45, 7) is 1.76. The molecule has 0 amide bonds. The van der Waals surface area contributed by atoms with Crippen LogP contribution in [0.3, 0.4) is 0 Å². The molecule has 4 nitrogen and oxygen atoms in total. The topological polar surface area (TPSA) is 58.6 Å². The van der Waals surface area contributed by atoms with E-state index in [-0.39, 0.29) is 5.92 Å². The summed E-state index contributed by atoms with van der Waals surface area (Å²) in [5, 5.41) is 12.7. The zero-order valence-electron chi connectivity index (χ0n) is 10.6. The van der Waals surface area contributed by atoms with Crippen molar-refractivity contribution >= 4 is 5.97 Å². The highest BCUT2D eigenvalue weighted by atomic mass is 16.5. The number of rotatable bonds is 4. The molecule has 4 heteroatoms. The SMILES string of the molecule is COc1cccc(C(C(=O)O)C2CCCNC2)c1. The number of nitrogens with one attached hydrogen (secondary N) is 1. The van der Waals surface area contributed by atoms with Crippen LogP contribution in [0.2, 0.25) is 0 Å². The molecule has 2 rings (SSSR count). The number of benzene rings is 1. The van der Waals surface area contributed by atoms with Gasteiger partial charge in [0, 0.05) is 0 Å². The van der Waals surface area contributed by atoms with E-state index in [0.717, 1.165) is 31.5 Å².